The standard InChI is InChI=1S/C57H70N2O18/c1-57(2,55-58-45(51(76-55)41-9-5-3-6-10-41)39-74-53(60)43-13-15-47-49(37-43)72-35-31-68-27-23-64-19-17-62-21-25-66-29-33-70-47)56-59-46(52(77-56)42-11-7-4-8-12-42)40-75-54(61)44-14-16-48-50(38-44)73-36-32-69-28-24-65-20-18-63-22-26-67-30-34-71-48/h3-16,37-38,45-46,51-52H,17-36,39-40H2,1-2H3/t45-,46-,51-,52-/m1/s1. The Balaban J connectivity index is 0.946. The van der Waals surface area contributed by atoms with Gasteiger partial charge in [-0.05, 0) is 61.4 Å². The highest BCUT2D eigenvalue weighted by Gasteiger charge is 2.48. The highest BCUT2D eigenvalue weighted by Crippen LogP contribution is 2.41. The molecule has 0 aliphatic carbocycles. The smallest absolute Gasteiger partial charge is 0.338 e. The molecule has 20 heteroatoms. The van der Waals surface area contributed by atoms with Crippen molar-refractivity contribution in [2.24, 2.45) is 15.4 Å². The van der Waals surface area contributed by atoms with Crippen LogP contribution in [0.4, 0.5) is 0 Å². The van der Waals surface area contributed by atoms with Crippen molar-refractivity contribution in [1.82, 2.24) is 0 Å². The number of carbonyl (C=O) groups is 2. The summed E-state index contributed by atoms with van der Waals surface area (Å²) in [6.45, 7) is 10.9. The molecule has 8 rings (SSSR count). The summed E-state index contributed by atoms with van der Waals surface area (Å²) in [5.41, 5.74) is 1.14. The Morgan fingerprint density at radius 1 is 0.416 bits per heavy atom. The van der Waals surface area contributed by atoms with Gasteiger partial charge in [0.2, 0.25) is 0 Å². The van der Waals surface area contributed by atoms with Gasteiger partial charge in [0, 0.05) is 0 Å². The first-order valence-corrected chi connectivity index (χ1v) is 26.2. The molecule has 4 aliphatic rings. The lowest BCUT2D eigenvalue weighted by molar-refractivity contribution is -0.00842. The first-order chi connectivity index (χ1) is 37.8. The summed E-state index contributed by atoms with van der Waals surface area (Å²) in [6, 6.07) is 27.7. The summed E-state index contributed by atoms with van der Waals surface area (Å²) >= 11 is 0. The maximum atomic E-state index is 13.8. The molecule has 0 saturated heterocycles. The Bertz CT molecular complexity index is 2320. The van der Waals surface area contributed by atoms with Crippen molar-refractivity contribution in [2.75, 3.05) is 145 Å². The summed E-state index contributed by atoms with van der Waals surface area (Å²) in [7, 11) is 0. The second-order valence-electron chi connectivity index (χ2n) is 18.3. The van der Waals surface area contributed by atoms with Gasteiger partial charge in [-0.15, -0.1) is 0 Å². The van der Waals surface area contributed by atoms with Crippen LogP contribution in [0.5, 0.6) is 23.0 Å². The minimum Gasteiger partial charge on any atom is -0.487 e. The SMILES string of the molecule is CC(C)(C1=N[C@H](COC(=O)c2ccc3c(c2)OCCOCCOCCOCCOCCO3)[C@@H](c2ccccc2)O1)C1=N[C@H](COC(=O)c2ccc3c(c2)OCCOCCOCCOCCOCCO3)[C@@H](c2ccccc2)O1. The van der Waals surface area contributed by atoms with Gasteiger partial charge in [-0.1, -0.05) is 60.7 Å². The molecule has 20 nitrogen and oxygen atoms in total. The summed E-state index contributed by atoms with van der Waals surface area (Å²) in [4.78, 5) is 37.8. The van der Waals surface area contributed by atoms with E-state index >= 15 is 0 Å². The van der Waals surface area contributed by atoms with Gasteiger partial charge >= 0.3 is 11.9 Å². The Hall–Kier alpha value is -6.36. The molecule has 0 spiro atoms. The quantitative estimate of drug-likeness (QED) is 0.156. The molecule has 0 radical (unpaired) electrons. The zero-order chi connectivity index (χ0) is 53.3. The molecule has 4 atom stereocenters. The third-order valence-corrected chi connectivity index (χ3v) is 12.4. The highest BCUT2D eigenvalue weighted by atomic mass is 16.6. The Labute approximate surface area is 449 Å². The second kappa shape index (κ2) is 30.5. The lowest BCUT2D eigenvalue weighted by atomic mass is 9.93. The van der Waals surface area contributed by atoms with Crippen LogP contribution in [0.15, 0.2) is 107 Å². The average Bonchev–Trinajstić information content (AvgIpc) is 4.15. The van der Waals surface area contributed by atoms with Crippen molar-refractivity contribution >= 4 is 23.7 Å². The molecule has 4 aliphatic heterocycles. The van der Waals surface area contributed by atoms with Crippen LogP contribution in [-0.2, 0) is 56.8 Å². The summed E-state index contributed by atoms with van der Waals surface area (Å²) < 4.78 is 94.2. The Kier molecular flexibility index (Phi) is 22.5. The molecule has 4 aromatic rings. The fraction of sp³-hybridized carbons (Fsp3) is 0.509. The number of hydrogen-bond donors (Lipinski definition) is 0. The van der Waals surface area contributed by atoms with Gasteiger partial charge in [0.25, 0.3) is 0 Å². The number of benzene rings is 4. The number of carbonyl (C=O) groups excluding carboxylic acids is 2. The van der Waals surface area contributed by atoms with Gasteiger partial charge in [0.05, 0.1) is 117 Å². The zero-order valence-electron chi connectivity index (χ0n) is 43.8. The van der Waals surface area contributed by atoms with Crippen LogP contribution in [0.25, 0.3) is 0 Å². The molecule has 416 valence electrons. The van der Waals surface area contributed by atoms with Crippen molar-refractivity contribution < 1.29 is 85.4 Å². The molecule has 0 unspecified atom stereocenters. The van der Waals surface area contributed by atoms with Crippen molar-refractivity contribution in [3.63, 3.8) is 0 Å². The van der Waals surface area contributed by atoms with E-state index in [1.54, 1.807) is 36.4 Å². The van der Waals surface area contributed by atoms with Crippen molar-refractivity contribution in [3.8, 4) is 23.0 Å². The molecular formula is C57H70N2O18. The monoisotopic (exact) mass is 1070 g/mol. The van der Waals surface area contributed by atoms with Crippen LogP contribution >= 0.6 is 0 Å². The zero-order valence-corrected chi connectivity index (χ0v) is 43.8. The summed E-state index contributed by atoms with van der Waals surface area (Å²) in [6.07, 6.45) is -1.23. The van der Waals surface area contributed by atoms with Crippen LogP contribution in [0.2, 0.25) is 0 Å². The van der Waals surface area contributed by atoms with E-state index in [0.29, 0.717) is 141 Å². The molecule has 0 aromatic heterocycles. The number of nitrogens with zero attached hydrogens (tertiary/aromatic N) is 2. The minimum absolute atomic E-state index is 0.116. The molecule has 4 aromatic carbocycles. The number of rotatable bonds is 10. The highest BCUT2D eigenvalue weighted by molar-refractivity contribution is 6.05. The largest absolute Gasteiger partial charge is 0.487 e. The predicted octanol–water partition coefficient (Wildman–Crippen LogP) is 6.48. The Morgan fingerprint density at radius 3 is 1.04 bits per heavy atom. The third kappa shape index (κ3) is 17.3. The molecular weight excluding hydrogens is 1000 g/mol. The van der Waals surface area contributed by atoms with Gasteiger partial charge in [-0.25, -0.2) is 19.6 Å². The molecule has 77 heavy (non-hydrogen) atoms. The topological polar surface area (TPSA) is 207 Å². The third-order valence-electron chi connectivity index (χ3n) is 12.4. The van der Waals surface area contributed by atoms with Gasteiger partial charge in [-0.2, -0.15) is 0 Å². The van der Waals surface area contributed by atoms with E-state index in [1.165, 1.54) is 0 Å². The van der Waals surface area contributed by atoms with E-state index in [4.69, 9.17) is 85.8 Å². The predicted molar refractivity (Wildman–Crippen MR) is 279 cm³/mol. The van der Waals surface area contributed by atoms with E-state index in [9.17, 15) is 9.59 Å². The van der Waals surface area contributed by atoms with Crippen molar-refractivity contribution in [3.05, 3.63) is 119 Å². The van der Waals surface area contributed by atoms with Gasteiger partial charge in [0.1, 0.15) is 57.1 Å². The van der Waals surface area contributed by atoms with Crippen LogP contribution in [0.1, 0.15) is 57.9 Å². The molecule has 0 fully saturated rings. The van der Waals surface area contributed by atoms with Gasteiger partial charge in [-0.3, -0.25) is 0 Å². The fourth-order valence-electron chi connectivity index (χ4n) is 8.31. The van der Waals surface area contributed by atoms with E-state index in [0.717, 1.165) is 11.1 Å². The van der Waals surface area contributed by atoms with E-state index in [2.05, 4.69) is 0 Å². The van der Waals surface area contributed by atoms with Gasteiger partial charge < -0.3 is 75.8 Å². The van der Waals surface area contributed by atoms with Crippen LogP contribution in [0.3, 0.4) is 0 Å². The van der Waals surface area contributed by atoms with Crippen molar-refractivity contribution in [1.29, 1.82) is 0 Å². The second-order valence-corrected chi connectivity index (χ2v) is 18.3. The van der Waals surface area contributed by atoms with E-state index in [1.807, 2.05) is 74.5 Å². The van der Waals surface area contributed by atoms with E-state index in [-0.39, 0.29) is 50.8 Å². The minimum atomic E-state index is -1.03. The lowest BCUT2D eigenvalue weighted by Crippen LogP contribution is -2.34. The average molecular weight is 1070 g/mol. The molecule has 0 bridgehead atoms. The van der Waals surface area contributed by atoms with Crippen LogP contribution in [-0.4, -0.2) is 181 Å². The Morgan fingerprint density at radius 2 is 0.714 bits per heavy atom. The summed E-state index contributed by atoms with van der Waals surface area (Å²) in [5.74, 6) is 1.06. The lowest BCUT2D eigenvalue weighted by Gasteiger charge is -2.26. The number of fused-ring (bicyclic) bond motifs is 2. The molecule has 0 amide bonds. The number of ether oxygens (including phenoxy) is 16. The molecule has 0 saturated carbocycles. The maximum absolute atomic E-state index is 13.8. The van der Waals surface area contributed by atoms with E-state index < -0.39 is 41.6 Å². The first-order valence-electron chi connectivity index (χ1n) is 26.2. The number of esters is 2. The van der Waals surface area contributed by atoms with Gasteiger partial charge in [0.15, 0.2) is 47.0 Å². The normalized spacial score (nSPS) is 22.2. The fourth-order valence-corrected chi connectivity index (χ4v) is 8.31. The van der Waals surface area contributed by atoms with Crippen LogP contribution in [0, 0.1) is 5.41 Å². The number of hydrogen-bond acceptors (Lipinski definition) is 20. The molecule has 4 heterocycles. The maximum Gasteiger partial charge on any atom is 0.338 e. The molecule has 0 N–H and O–H groups in total. The van der Waals surface area contributed by atoms with Crippen LogP contribution < -0.4 is 18.9 Å². The summed E-state index contributed by atoms with van der Waals surface area (Å²) in [5, 5.41) is 0. The van der Waals surface area contributed by atoms with Crippen molar-refractivity contribution in [2.45, 2.75) is 38.1 Å². The first kappa shape index (κ1) is 56.8. The number of aliphatic imine (C=N–C) groups is 2.